The topological polar surface area (TPSA) is 35.6 Å². The zero-order valence-corrected chi connectivity index (χ0v) is 12.8. The number of hydrogen-bond donors (Lipinski definition) is 1. The molecule has 1 amide bonds. The van der Waals surface area contributed by atoms with Crippen LogP contribution >= 0.6 is 0 Å². The third-order valence-corrected chi connectivity index (χ3v) is 5.54. The Bertz CT molecular complexity index is 335. The molecule has 0 radical (unpaired) electrons. The second-order valence-electron chi connectivity index (χ2n) is 6.74. The molecule has 2 unspecified atom stereocenters. The van der Waals surface area contributed by atoms with Gasteiger partial charge in [0.1, 0.15) is 0 Å². The molecule has 3 aliphatic heterocycles. The number of hydrogen-bond acceptors (Lipinski definition) is 3. The fraction of sp³-hybridized carbons (Fsp3) is 0.938. The Morgan fingerprint density at radius 2 is 1.75 bits per heavy atom. The minimum Gasteiger partial charge on any atom is -0.341 e. The molecular weight excluding hydrogens is 250 g/mol. The predicted octanol–water partition coefficient (Wildman–Crippen LogP) is 1.46. The maximum atomic E-state index is 12.6. The number of amides is 1. The summed E-state index contributed by atoms with van der Waals surface area (Å²) in [6.45, 7) is 7.53. The van der Waals surface area contributed by atoms with E-state index in [1.54, 1.807) is 0 Å². The van der Waals surface area contributed by atoms with Crippen LogP contribution in [0.1, 0.15) is 45.4 Å². The van der Waals surface area contributed by atoms with E-state index in [0.29, 0.717) is 11.9 Å². The number of rotatable bonds is 3. The van der Waals surface area contributed by atoms with Crippen molar-refractivity contribution < 1.29 is 4.79 Å². The first-order chi connectivity index (χ1) is 9.77. The molecule has 3 rings (SSSR count). The van der Waals surface area contributed by atoms with Gasteiger partial charge in [-0.3, -0.25) is 9.69 Å². The zero-order chi connectivity index (χ0) is 13.9. The van der Waals surface area contributed by atoms with Gasteiger partial charge in [0.15, 0.2) is 0 Å². The van der Waals surface area contributed by atoms with Crippen molar-refractivity contribution in [1.29, 1.82) is 0 Å². The summed E-state index contributed by atoms with van der Waals surface area (Å²) >= 11 is 0. The molecule has 1 N–H and O–H groups in total. The molecule has 0 spiro atoms. The van der Waals surface area contributed by atoms with Crippen molar-refractivity contribution in [2.75, 3.05) is 32.7 Å². The van der Waals surface area contributed by atoms with Crippen LogP contribution in [0.5, 0.6) is 0 Å². The van der Waals surface area contributed by atoms with Gasteiger partial charge in [-0.15, -0.1) is 0 Å². The largest absolute Gasteiger partial charge is 0.341 e. The number of piperidine rings is 1. The number of likely N-dealkylation sites (tertiary alicyclic amines) is 2. The molecule has 0 aliphatic carbocycles. The highest BCUT2D eigenvalue weighted by molar-refractivity contribution is 5.81. The summed E-state index contributed by atoms with van der Waals surface area (Å²) in [4.78, 5) is 17.2. The Hall–Kier alpha value is -0.610. The second kappa shape index (κ2) is 6.44. The van der Waals surface area contributed by atoms with Gasteiger partial charge in [0.25, 0.3) is 0 Å². The summed E-state index contributed by atoms with van der Waals surface area (Å²) in [7, 11) is 0. The summed E-state index contributed by atoms with van der Waals surface area (Å²) in [6, 6.07) is 0.745. The smallest absolute Gasteiger partial charge is 0.239 e. The lowest BCUT2D eigenvalue weighted by Crippen LogP contribution is -2.51. The lowest BCUT2D eigenvalue weighted by molar-refractivity contribution is -0.136. The molecule has 3 fully saturated rings. The van der Waals surface area contributed by atoms with Gasteiger partial charge in [-0.25, -0.2) is 0 Å². The molecule has 2 atom stereocenters. The van der Waals surface area contributed by atoms with E-state index in [9.17, 15) is 4.79 Å². The van der Waals surface area contributed by atoms with Crippen LogP contribution in [0.4, 0.5) is 0 Å². The van der Waals surface area contributed by atoms with Crippen molar-refractivity contribution in [2.45, 2.75) is 57.5 Å². The van der Waals surface area contributed by atoms with Crippen LogP contribution in [0.3, 0.4) is 0 Å². The van der Waals surface area contributed by atoms with Gasteiger partial charge < -0.3 is 10.2 Å². The number of carbonyl (C=O) groups is 1. The first kappa shape index (κ1) is 14.3. The van der Waals surface area contributed by atoms with Crippen molar-refractivity contribution in [3.8, 4) is 0 Å². The number of carbonyl (C=O) groups excluding carboxylic acids is 1. The van der Waals surface area contributed by atoms with Crippen LogP contribution < -0.4 is 5.32 Å². The van der Waals surface area contributed by atoms with E-state index in [0.717, 1.165) is 38.6 Å². The molecule has 4 heteroatoms. The normalized spacial score (nSPS) is 30.9. The number of nitrogens with one attached hydrogen (secondary N) is 1. The van der Waals surface area contributed by atoms with Crippen LogP contribution in [-0.2, 0) is 4.79 Å². The van der Waals surface area contributed by atoms with E-state index in [1.807, 2.05) is 0 Å². The Morgan fingerprint density at radius 3 is 2.45 bits per heavy atom. The van der Waals surface area contributed by atoms with E-state index >= 15 is 0 Å². The Morgan fingerprint density at radius 1 is 1.05 bits per heavy atom. The van der Waals surface area contributed by atoms with E-state index in [2.05, 4.69) is 22.0 Å². The maximum Gasteiger partial charge on any atom is 0.239 e. The molecule has 3 saturated heterocycles. The monoisotopic (exact) mass is 279 g/mol. The maximum absolute atomic E-state index is 12.6. The summed E-state index contributed by atoms with van der Waals surface area (Å²) in [5, 5.41) is 3.46. The minimum atomic E-state index is 0.0930. The first-order valence-electron chi connectivity index (χ1n) is 8.52. The van der Waals surface area contributed by atoms with E-state index in [1.165, 1.54) is 38.5 Å². The average molecular weight is 279 g/mol. The molecule has 20 heavy (non-hydrogen) atoms. The molecule has 4 nitrogen and oxygen atoms in total. The Labute approximate surface area is 122 Å². The van der Waals surface area contributed by atoms with Crippen molar-refractivity contribution in [3.05, 3.63) is 0 Å². The van der Waals surface area contributed by atoms with Crippen molar-refractivity contribution >= 4 is 5.91 Å². The van der Waals surface area contributed by atoms with E-state index in [4.69, 9.17) is 0 Å². The quantitative estimate of drug-likeness (QED) is 0.849. The van der Waals surface area contributed by atoms with Crippen molar-refractivity contribution in [3.63, 3.8) is 0 Å². The van der Waals surface area contributed by atoms with Crippen LogP contribution in [-0.4, -0.2) is 60.5 Å². The summed E-state index contributed by atoms with van der Waals surface area (Å²) in [6.07, 6.45) is 7.51. The van der Waals surface area contributed by atoms with E-state index < -0.39 is 0 Å². The molecule has 3 aliphatic rings. The number of nitrogens with zero attached hydrogens (tertiary/aromatic N) is 2. The van der Waals surface area contributed by atoms with Crippen LogP contribution in [0.2, 0.25) is 0 Å². The molecule has 0 bridgehead atoms. The molecule has 0 aromatic heterocycles. The lowest BCUT2D eigenvalue weighted by atomic mass is 9.88. The third-order valence-electron chi connectivity index (χ3n) is 5.54. The highest BCUT2D eigenvalue weighted by atomic mass is 16.2. The van der Waals surface area contributed by atoms with Crippen molar-refractivity contribution in [1.82, 2.24) is 15.1 Å². The van der Waals surface area contributed by atoms with Gasteiger partial charge in [-0.2, -0.15) is 0 Å². The van der Waals surface area contributed by atoms with Gasteiger partial charge >= 0.3 is 0 Å². The molecule has 0 saturated carbocycles. The second-order valence-corrected chi connectivity index (χ2v) is 6.74. The summed E-state index contributed by atoms with van der Waals surface area (Å²) in [5.41, 5.74) is 0. The van der Waals surface area contributed by atoms with Crippen molar-refractivity contribution in [2.24, 2.45) is 5.92 Å². The molecule has 114 valence electrons. The van der Waals surface area contributed by atoms with Crippen LogP contribution in [0, 0.1) is 5.92 Å². The fourth-order valence-corrected chi connectivity index (χ4v) is 4.37. The predicted molar refractivity (Wildman–Crippen MR) is 80.6 cm³/mol. The van der Waals surface area contributed by atoms with Gasteiger partial charge in [-0.05, 0) is 71.0 Å². The summed E-state index contributed by atoms with van der Waals surface area (Å²) < 4.78 is 0. The molecular formula is C16H29N3O. The van der Waals surface area contributed by atoms with Crippen LogP contribution in [0.15, 0.2) is 0 Å². The summed E-state index contributed by atoms with van der Waals surface area (Å²) in [5.74, 6) is 1.18. The Balaban J connectivity index is 1.62. The molecule has 0 aromatic carbocycles. The van der Waals surface area contributed by atoms with Crippen LogP contribution in [0.25, 0.3) is 0 Å². The van der Waals surface area contributed by atoms with Gasteiger partial charge in [0.05, 0.1) is 6.04 Å². The average Bonchev–Trinajstić information content (AvgIpc) is 3.17. The first-order valence-corrected chi connectivity index (χ1v) is 8.52. The third kappa shape index (κ3) is 2.86. The zero-order valence-electron chi connectivity index (χ0n) is 12.8. The van der Waals surface area contributed by atoms with Gasteiger partial charge in [-0.1, -0.05) is 0 Å². The lowest BCUT2D eigenvalue weighted by Gasteiger charge is -2.38. The minimum absolute atomic E-state index is 0.0930. The Kier molecular flexibility index (Phi) is 4.61. The van der Waals surface area contributed by atoms with Gasteiger partial charge in [0.2, 0.25) is 5.91 Å². The molecule has 3 heterocycles. The van der Waals surface area contributed by atoms with Gasteiger partial charge in [0, 0.05) is 19.1 Å². The highest BCUT2D eigenvalue weighted by Gasteiger charge is 2.38. The SMILES string of the molecule is CC(C(=O)N1CCCC1)N1CCCC1C1CCNCC1. The fourth-order valence-electron chi connectivity index (χ4n) is 4.37. The van der Waals surface area contributed by atoms with E-state index in [-0.39, 0.29) is 6.04 Å². The standard InChI is InChI=1S/C16H29N3O/c1-13(16(20)18-10-2-3-11-18)19-12-4-5-15(19)14-6-8-17-9-7-14/h13-15,17H,2-12H2,1H3. The molecule has 0 aromatic rings. The highest BCUT2D eigenvalue weighted by Crippen LogP contribution is 2.31.